The van der Waals surface area contributed by atoms with E-state index in [9.17, 15) is 14.4 Å². The summed E-state index contributed by atoms with van der Waals surface area (Å²) in [6.45, 7) is 0. The molecule has 142 valence electrons. The van der Waals surface area contributed by atoms with Crippen LogP contribution >= 0.6 is 11.6 Å². The molecule has 7 heteroatoms. The Morgan fingerprint density at radius 1 is 1.07 bits per heavy atom. The number of para-hydroxylation sites is 1. The lowest BCUT2D eigenvalue weighted by molar-refractivity contribution is -0.119. The molecule has 2 atom stereocenters. The first-order chi connectivity index (χ1) is 13.6. The first-order valence-electron chi connectivity index (χ1n) is 8.83. The lowest BCUT2D eigenvalue weighted by atomic mass is 10.1. The topological polar surface area (TPSA) is 88.4 Å². The second kappa shape index (κ2) is 7.48. The summed E-state index contributed by atoms with van der Waals surface area (Å²) in [5.41, 5.74) is 1.60. The van der Waals surface area contributed by atoms with E-state index in [2.05, 4.69) is 10.6 Å². The van der Waals surface area contributed by atoms with Crippen LogP contribution in [-0.2, 0) is 11.2 Å². The number of alkyl halides is 1. The van der Waals surface area contributed by atoms with Crippen molar-refractivity contribution in [3.63, 3.8) is 0 Å². The van der Waals surface area contributed by atoms with Crippen LogP contribution in [0.2, 0.25) is 0 Å². The van der Waals surface area contributed by atoms with E-state index < -0.39 is 23.6 Å². The summed E-state index contributed by atoms with van der Waals surface area (Å²) in [5.74, 6) is -1.04. The molecule has 3 aromatic rings. The Kier molecular flexibility index (Phi) is 4.88. The van der Waals surface area contributed by atoms with Crippen LogP contribution in [0.15, 0.2) is 63.8 Å². The maximum atomic E-state index is 12.8. The third-order valence-corrected chi connectivity index (χ3v) is 5.12. The van der Waals surface area contributed by atoms with Gasteiger partial charge >= 0.3 is 5.63 Å². The molecule has 0 unspecified atom stereocenters. The smallest absolute Gasteiger partial charge is 0.349 e. The molecule has 28 heavy (non-hydrogen) atoms. The molecule has 4 rings (SSSR count). The van der Waals surface area contributed by atoms with Gasteiger partial charge in [-0.3, -0.25) is 9.59 Å². The molecule has 0 saturated heterocycles. The third kappa shape index (κ3) is 3.39. The molecule has 0 fully saturated rings. The van der Waals surface area contributed by atoms with Crippen molar-refractivity contribution in [1.82, 2.24) is 10.6 Å². The average molecular weight is 397 g/mol. The van der Waals surface area contributed by atoms with Gasteiger partial charge in [-0.15, -0.1) is 11.6 Å². The van der Waals surface area contributed by atoms with Gasteiger partial charge in [0.15, 0.2) is 0 Å². The number of rotatable bonds is 4. The maximum absolute atomic E-state index is 12.8. The Morgan fingerprint density at radius 3 is 2.64 bits per heavy atom. The van der Waals surface area contributed by atoms with Crippen molar-refractivity contribution in [3.05, 3.63) is 81.7 Å². The predicted molar refractivity (Wildman–Crippen MR) is 105 cm³/mol. The highest BCUT2D eigenvalue weighted by atomic mass is 35.5. The first-order valence-corrected chi connectivity index (χ1v) is 9.37. The van der Waals surface area contributed by atoms with Gasteiger partial charge in [0.2, 0.25) is 5.91 Å². The van der Waals surface area contributed by atoms with Gasteiger partial charge in [-0.25, -0.2) is 4.79 Å². The van der Waals surface area contributed by atoms with E-state index in [1.165, 1.54) is 6.07 Å². The summed E-state index contributed by atoms with van der Waals surface area (Å²) in [4.78, 5) is 36.9. The summed E-state index contributed by atoms with van der Waals surface area (Å²) < 4.78 is 5.25. The van der Waals surface area contributed by atoms with Crippen LogP contribution in [0.25, 0.3) is 11.0 Å². The molecule has 2 amide bonds. The normalized spacial score (nSPS) is 17.9. The predicted octanol–water partition coefficient (Wildman–Crippen LogP) is 2.54. The van der Waals surface area contributed by atoms with Gasteiger partial charge in [0, 0.05) is 5.39 Å². The number of carbonyl (C=O) groups excluding carboxylic acids is 2. The second-order valence-corrected chi connectivity index (χ2v) is 6.91. The van der Waals surface area contributed by atoms with E-state index >= 15 is 0 Å². The molecule has 0 radical (unpaired) electrons. The van der Waals surface area contributed by atoms with Crippen LogP contribution in [0.5, 0.6) is 0 Å². The molecule has 1 aliphatic rings. The van der Waals surface area contributed by atoms with Gasteiger partial charge < -0.3 is 15.1 Å². The molecule has 0 spiro atoms. The monoisotopic (exact) mass is 396 g/mol. The molecule has 0 saturated carbocycles. The van der Waals surface area contributed by atoms with Gasteiger partial charge in [0.05, 0.1) is 12.1 Å². The maximum Gasteiger partial charge on any atom is 0.349 e. The van der Waals surface area contributed by atoms with Crippen LogP contribution < -0.4 is 16.3 Å². The summed E-state index contributed by atoms with van der Waals surface area (Å²) in [6.07, 6.45) is 0.536. The van der Waals surface area contributed by atoms with E-state index in [0.717, 1.165) is 11.1 Å². The summed E-state index contributed by atoms with van der Waals surface area (Å²) in [7, 11) is 0. The minimum atomic E-state index is -0.701. The molecule has 1 aromatic heterocycles. The lowest BCUT2D eigenvalue weighted by Gasteiger charge is -2.22. The largest absolute Gasteiger partial charge is 0.422 e. The Bertz CT molecular complexity index is 1120. The zero-order valence-electron chi connectivity index (χ0n) is 14.8. The van der Waals surface area contributed by atoms with Crippen LogP contribution in [0.4, 0.5) is 0 Å². The van der Waals surface area contributed by atoms with E-state index in [-0.39, 0.29) is 17.4 Å². The zero-order valence-corrected chi connectivity index (χ0v) is 15.5. The Morgan fingerprint density at radius 2 is 1.82 bits per heavy atom. The van der Waals surface area contributed by atoms with E-state index in [0.29, 0.717) is 17.4 Å². The summed E-state index contributed by atoms with van der Waals surface area (Å²) in [6, 6.07) is 15.3. The van der Waals surface area contributed by atoms with Crippen LogP contribution in [-0.4, -0.2) is 23.7 Å². The van der Waals surface area contributed by atoms with E-state index in [1.807, 2.05) is 24.3 Å². The average Bonchev–Trinajstić information content (AvgIpc) is 3.04. The van der Waals surface area contributed by atoms with Crippen molar-refractivity contribution in [1.29, 1.82) is 0 Å². The second-order valence-electron chi connectivity index (χ2n) is 6.65. The van der Waals surface area contributed by atoms with Crippen molar-refractivity contribution in [2.75, 3.05) is 5.88 Å². The third-order valence-electron chi connectivity index (χ3n) is 4.87. The Labute approximate surface area is 165 Å². The summed E-state index contributed by atoms with van der Waals surface area (Å²) >= 11 is 5.63. The molecule has 6 nitrogen and oxygen atoms in total. The standard InChI is InChI=1S/C21H17ClN2O4/c22-11-18(25)24-19-14-7-3-1-5-12(14)10-16(19)23-20(26)15-9-13-6-2-4-8-17(13)28-21(15)27/h1-9,16,19H,10-11H2,(H,23,26)(H,24,25)/t16-,19-/m1/s1. The van der Waals surface area contributed by atoms with Gasteiger partial charge in [0.1, 0.15) is 17.0 Å². The van der Waals surface area contributed by atoms with E-state index in [1.54, 1.807) is 24.3 Å². The number of hydrogen-bond donors (Lipinski definition) is 2. The van der Waals surface area contributed by atoms with Crippen molar-refractivity contribution in [2.45, 2.75) is 18.5 Å². The molecular formula is C21H17ClN2O4. The highest BCUT2D eigenvalue weighted by Crippen LogP contribution is 2.31. The molecule has 0 aliphatic heterocycles. The SMILES string of the molecule is O=C(CCl)N[C@@H]1c2ccccc2C[C@H]1NC(=O)c1cc2ccccc2oc1=O. The van der Waals surface area contributed by atoms with Gasteiger partial charge in [-0.05, 0) is 29.7 Å². The molecule has 2 N–H and O–H groups in total. The van der Waals surface area contributed by atoms with Gasteiger partial charge in [-0.2, -0.15) is 0 Å². The van der Waals surface area contributed by atoms with Crippen molar-refractivity contribution in [2.24, 2.45) is 0 Å². The highest BCUT2D eigenvalue weighted by Gasteiger charge is 2.34. The fraction of sp³-hybridized carbons (Fsp3) is 0.190. The van der Waals surface area contributed by atoms with Crippen molar-refractivity contribution >= 4 is 34.4 Å². The van der Waals surface area contributed by atoms with Gasteiger partial charge in [-0.1, -0.05) is 42.5 Å². The first kappa shape index (κ1) is 18.3. The zero-order chi connectivity index (χ0) is 19.7. The lowest BCUT2D eigenvalue weighted by Crippen LogP contribution is -2.45. The van der Waals surface area contributed by atoms with Crippen LogP contribution in [0.1, 0.15) is 27.5 Å². The highest BCUT2D eigenvalue weighted by molar-refractivity contribution is 6.27. The number of benzene rings is 2. The molecule has 2 aromatic carbocycles. The minimum absolute atomic E-state index is 0.0722. The number of carbonyl (C=O) groups is 2. The molecular weight excluding hydrogens is 380 g/mol. The molecule has 1 heterocycles. The van der Waals surface area contributed by atoms with Crippen LogP contribution in [0, 0.1) is 0 Å². The quantitative estimate of drug-likeness (QED) is 0.524. The number of hydrogen-bond acceptors (Lipinski definition) is 4. The molecule has 1 aliphatic carbocycles. The number of halogens is 1. The molecule has 0 bridgehead atoms. The fourth-order valence-electron chi connectivity index (χ4n) is 3.59. The number of amides is 2. The van der Waals surface area contributed by atoms with Crippen molar-refractivity contribution < 1.29 is 14.0 Å². The Balaban J connectivity index is 1.62. The summed E-state index contributed by atoms with van der Waals surface area (Å²) in [5, 5.41) is 6.38. The van der Waals surface area contributed by atoms with E-state index in [4.69, 9.17) is 16.0 Å². The minimum Gasteiger partial charge on any atom is -0.422 e. The fourth-order valence-corrected chi connectivity index (χ4v) is 3.66. The number of fused-ring (bicyclic) bond motifs is 2. The van der Waals surface area contributed by atoms with Crippen molar-refractivity contribution in [3.8, 4) is 0 Å². The number of nitrogens with one attached hydrogen (secondary N) is 2. The van der Waals surface area contributed by atoms with Crippen LogP contribution in [0.3, 0.4) is 0 Å². The Hall–Kier alpha value is -3.12. The van der Waals surface area contributed by atoms with Gasteiger partial charge in [0.25, 0.3) is 5.91 Å².